The molecular weight excluding hydrogens is 378 g/mol. The molecule has 1 unspecified atom stereocenters. The Balaban J connectivity index is 1.62. The van der Waals surface area contributed by atoms with E-state index in [9.17, 15) is 4.79 Å². The Morgan fingerprint density at radius 3 is 2.77 bits per heavy atom. The molecule has 1 aliphatic rings. The van der Waals surface area contributed by atoms with E-state index in [0.29, 0.717) is 29.4 Å². The first-order valence-corrected chi connectivity index (χ1v) is 9.83. The van der Waals surface area contributed by atoms with Gasteiger partial charge < -0.3 is 15.4 Å². The van der Waals surface area contributed by atoms with E-state index in [0.717, 1.165) is 25.0 Å². The minimum Gasteiger partial charge on any atom is -0.376 e. The zero-order valence-corrected chi connectivity index (χ0v) is 16.3. The number of anilines is 2. The lowest BCUT2D eigenvalue weighted by Gasteiger charge is -2.13. The van der Waals surface area contributed by atoms with Gasteiger partial charge in [0.1, 0.15) is 11.5 Å². The van der Waals surface area contributed by atoms with E-state index in [1.807, 2.05) is 36.4 Å². The van der Waals surface area contributed by atoms with Gasteiger partial charge >= 0.3 is 0 Å². The number of hydrogen-bond acceptors (Lipinski definition) is 6. The van der Waals surface area contributed by atoms with Crippen LogP contribution >= 0.6 is 0 Å². The van der Waals surface area contributed by atoms with Gasteiger partial charge in [-0.05, 0) is 31.0 Å². The van der Waals surface area contributed by atoms with Crippen LogP contribution in [-0.2, 0) is 4.74 Å². The van der Waals surface area contributed by atoms with Crippen LogP contribution in [0, 0.1) is 11.3 Å². The molecule has 7 heteroatoms. The number of ether oxygens (including phenoxy) is 1. The molecule has 0 aliphatic carbocycles. The molecule has 1 aliphatic heterocycles. The van der Waals surface area contributed by atoms with Crippen molar-refractivity contribution in [1.29, 1.82) is 5.26 Å². The van der Waals surface area contributed by atoms with Crippen LogP contribution in [0.2, 0.25) is 0 Å². The van der Waals surface area contributed by atoms with E-state index < -0.39 is 0 Å². The summed E-state index contributed by atoms with van der Waals surface area (Å²) in [5.41, 5.74) is 2.31. The fourth-order valence-corrected chi connectivity index (χ4v) is 3.26. The molecule has 2 heterocycles. The lowest BCUT2D eigenvalue weighted by Crippen LogP contribution is -2.32. The van der Waals surface area contributed by atoms with E-state index in [4.69, 9.17) is 10.00 Å². The van der Waals surface area contributed by atoms with Crippen LogP contribution < -0.4 is 10.6 Å². The van der Waals surface area contributed by atoms with E-state index in [2.05, 4.69) is 26.7 Å². The number of benzene rings is 2. The summed E-state index contributed by atoms with van der Waals surface area (Å²) in [4.78, 5) is 21.8. The first-order valence-electron chi connectivity index (χ1n) is 9.83. The Hall–Kier alpha value is -3.76. The first-order chi connectivity index (χ1) is 14.7. The number of nitriles is 1. The zero-order chi connectivity index (χ0) is 20.8. The predicted molar refractivity (Wildman–Crippen MR) is 113 cm³/mol. The summed E-state index contributed by atoms with van der Waals surface area (Å²) in [6, 6.07) is 20.3. The average molecular weight is 399 g/mol. The Morgan fingerprint density at radius 2 is 2.00 bits per heavy atom. The van der Waals surface area contributed by atoms with Crippen LogP contribution in [0.25, 0.3) is 11.4 Å². The van der Waals surface area contributed by atoms with Crippen molar-refractivity contribution in [2.24, 2.45) is 0 Å². The fraction of sp³-hybridized carbons (Fsp3) is 0.217. The minimum atomic E-state index is -0.279. The second-order valence-electron chi connectivity index (χ2n) is 6.99. The highest BCUT2D eigenvalue weighted by Gasteiger charge is 2.18. The standard InChI is InChI=1S/C23H21N5O2/c24-14-16-6-4-9-18(12-16)26-21-13-20(23(29)25-15-19-10-5-11-30-19)27-22(28-21)17-7-2-1-3-8-17/h1-4,6-9,12-13,19H,5,10-11,15H2,(H,25,29)(H,26,27,28). The van der Waals surface area contributed by atoms with Gasteiger partial charge in [0.15, 0.2) is 5.82 Å². The quantitative estimate of drug-likeness (QED) is 0.656. The molecule has 0 saturated carbocycles. The van der Waals surface area contributed by atoms with Crippen LogP contribution in [0.15, 0.2) is 60.7 Å². The smallest absolute Gasteiger partial charge is 0.270 e. The molecule has 1 atom stereocenters. The van der Waals surface area contributed by atoms with Crippen LogP contribution in [0.3, 0.4) is 0 Å². The highest BCUT2D eigenvalue weighted by atomic mass is 16.5. The number of hydrogen-bond donors (Lipinski definition) is 2. The number of nitrogens with one attached hydrogen (secondary N) is 2. The predicted octanol–water partition coefficient (Wildman–Crippen LogP) is 3.67. The Bertz CT molecular complexity index is 1070. The van der Waals surface area contributed by atoms with Gasteiger partial charge in [-0.25, -0.2) is 9.97 Å². The summed E-state index contributed by atoms with van der Waals surface area (Å²) in [5, 5.41) is 15.2. The normalized spacial score (nSPS) is 15.4. The Morgan fingerprint density at radius 1 is 1.13 bits per heavy atom. The molecule has 3 aromatic rings. The number of amides is 1. The van der Waals surface area contributed by atoms with Crippen molar-refractivity contribution in [2.45, 2.75) is 18.9 Å². The average Bonchev–Trinajstić information content (AvgIpc) is 3.32. The van der Waals surface area contributed by atoms with Gasteiger partial charge in [0.2, 0.25) is 0 Å². The lowest BCUT2D eigenvalue weighted by atomic mass is 10.2. The number of rotatable bonds is 6. The number of carbonyl (C=O) groups is 1. The third-order valence-corrected chi connectivity index (χ3v) is 4.77. The van der Waals surface area contributed by atoms with Gasteiger partial charge in [-0.15, -0.1) is 0 Å². The molecule has 2 N–H and O–H groups in total. The molecule has 1 fully saturated rings. The molecule has 7 nitrogen and oxygen atoms in total. The van der Waals surface area contributed by atoms with E-state index >= 15 is 0 Å². The summed E-state index contributed by atoms with van der Waals surface area (Å²) < 4.78 is 5.57. The highest BCUT2D eigenvalue weighted by molar-refractivity contribution is 5.93. The van der Waals surface area contributed by atoms with Gasteiger partial charge in [-0.2, -0.15) is 5.26 Å². The van der Waals surface area contributed by atoms with Gasteiger partial charge in [-0.3, -0.25) is 4.79 Å². The largest absolute Gasteiger partial charge is 0.376 e. The van der Waals surface area contributed by atoms with Crippen molar-refractivity contribution in [2.75, 3.05) is 18.5 Å². The molecule has 0 spiro atoms. The highest BCUT2D eigenvalue weighted by Crippen LogP contribution is 2.21. The second kappa shape index (κ2) is 9.16. The van der Waals surface area contributed by atoms with Gasteiger partial charge in [0.05, 0.1) is 17.7 Å². The zero-order valence-electron chi connectivity index (χ0n) is 16.3. The molecule has 0 radical (unpaired) electrons. The molecule has 1 aromatic heterocycles. The van der Waals surface area contributed by atoms with E-state index in [-0.39, 0.29) is 17.7 Å². The maximum Gasteiger partial charge on any atom is 0.270 e. The third kappa shape index (κ3) is 4.80. The maximum absolute atomic E-state index is 12.8. The molecule has 2 aromatic carbocycles. The fourth-order valence-electron chi connectivity index (χ4n) is 3.26. The van der Waals surface area contributed by atoms with E-state index in [1.54, 1.807) is 24.3 Å². The molecule has 1 saturated heterocycles. The summed E-state index contributed by atoms with van der Waals surface area (Å²) in [5.74, 6) is 0.638. The number of carbonyl (C=O) groups excluding carboxylic acids is 1. The topological polar surface area (TPSA) is 99.9 Å². The molecule has 4 rings (SSSR count). The lowest BCUT2D eigenvalue weighted by molar-refractivity contribution is 0.0853. The molecule has 0 bridgehead atoms. The van der Waals surface area contributed by atoms with Crippen molar-refractivity contribution in [1.82, 2.24) is 15.3 Å². The third-order valence-electron chi connectivity index (χ3n) is 4.77. The summed E-state index contributed by atoms with van der Waals surface area (Å²) in [7, 11) is 0. The number of aromatic nitrogens is 2. The van der Waals surface area contributed by atoms with Crippen molar-refractivity contribution in [3.05, 3.63) is 71.9 Å². The van der Waals surface area contributed by atoms with Gasteiger partial charge in [0, 0.05) is 30.5 Å². The maximum atomic E-state index is 12.8. The van der Waals surface area contributed by atoms with Crippen molar-refractivity contribution >= 4 is 17.4 Å². The van der Waals surface area contributed by atoms with Gasteiger partial charge in [0.25, 0.3) is 5.91 Å². The summed E-state index contributed by atoms with van der Waals surface area (Å²) in [6.07, 6.45) is 2.01. The summed E-state index contributed by atoms with van der Waals surface area (Å²) in [6.45, 7) is 1.19. The van der Waals surface area contributed by atoms with Crippen LogP contribution in [-0.4, -0.2) is 35.1 Å². The minimum absolute atomic E-state index is 0.0516. The Kier molecular flexibility index (Phi) is 5.97. The SMILES string of the molecule is N#Cc1cccc(Nc2cc(C(=O)NCC3CCCO3)nc(-c3ccccc3)n2)c1. The summed E-state index contributed by atoms with van der Waals surface area (Å²) >= 11 is 0. The molecule has 30 heavy (non-hydrogen) atoms. The molecular formula is C23H21N5O2. The van der Waals surface area contributed by atoms with E-state index in [1.165, 1.54) is 0 Å². The van der Waals surface area contributed by atoms with Crippen molar-refractivity contribution < 1.29 is 9.53 Å². The molecule has 1 amide bonds. The monoisotopic (exact) mass is 399 g/mol. The van der Waals surface area contributed by atoms with Crippen LogP contribution in [0.1, 0.15) is 28.9 Å². The van der Waals surface area contributed by atoms with Crippen molar-refractivity contribution in [3.8, 4) is 17.5 Å². The van der Waals surface area contributed by atoms with Crippen molar-refractivity contribution in [3.63, 3.8) is 0 Å². The second-order valence-corrected chi connectivity index (χ2v) is 6.99. The molecule has 150 valence electrons. The van der Waals surface area contributed by atoms with Crippen LogP contribution in [0.4, 0.5) is 11.5 Å². The Labute approximate surface area is 174 Å². The number of nitrogens with zero attached hydrogens (tertiary/aromatic N) is 3. The first kappa shape index (κ1) is 19.6. The van der Waals surface area contributed by atoms with Crippen LogP contribution in [0.5, 0.6) is 0 Å². The van der Waals surface area contributed by atoms with Gasteiger partial charge in [-0.1, -0.05) is 36.4 Å².